The molecule has 1 amide bonds. The van der Waals surface area contributed by atoms with Crippen molar-refractivity contribution in [3.05, 3.63) is 53.9 Å². The molecule has 1 N–H and O–H groups in total. The zero-order valence-corrected chi connectivity index (χ0v) is 13.8. The number of aromatic amines is 1. The van der Waals surface area contributed by atoms with Crippen LogP contribution >= 0.6 is 0 Å². The second-order valence-corrected chi connectivity index (χ2v) is 6.18. The average Bonchev–Trinajstić information content (AvgIpc) is 3.32. The molecule has 1 aliphatic rings. The summed E-state index contributed by atoms with van der Waals surface area (Å²) in [6.07, 6.45) is 5.61. The van der Waals surface area contributed by atoms with E-state index in [9.17, 15) is 4.79 Å². The van der Waals surface area contributed by atoms with E-state index in [0.29, 0.717) is 29.7 Å². The van der Waals surface area contributed by atoms with Crippen LogP contribution < -0.4 is 0 Å². The number of benzene rings is 1. The number of fused-ring (bicyclic) bond motifs is 1. The number of carbonyl (C=O) groups is 1. The predicted molar refractivity (Wildman–Crippen MR) is 91.8 cm³/mol. The lowest BCUT2D eigenvalue weighted by atomic mass is 10.1. The minimum Gasteiger partial charge on any atom is -0.376 e. The second-order valence-electron chi connectivity index (χ2n) is 6.18. The van der Waals surface area contributed by atoms with E-state index >= 15 is 0 Å². The average molecular weight is 337 g/mol. The Labute approximate surface area is 145 Å². The van der Waals surface area contributed by atoms with Gasteiger partial charge in [-0.15, -0.1) is 0 Å². The third-order valence-corrected chi connectivity index (χ3v) is 4.41. The summed E-state index contributed by atoms with van der Waals surface area (Å²) >= 11 is 0. The zero-order valence-electron chi connectivity index (χ0n) is 13.8. The first-order valence-corrected chi connectivity index (χ1v) is 8.40. The van der Waals surface area contributed by atoms with Crippen LogP contribution in [0.2, 0.25) is 0 Å². The van der Waals surface area contributed by atoms with E-state index in [1.807, 2.05) is 29.2 Å². The van der Waals surface area contributed by atoms with Gasteiger partial charge in [0.2, 0.25) is 0 Å². The summed E-state index contributed by atoms with van der Waals surface area (Å²) in [6.45, 7) is 1.81. The van der Waals surface area contributed by atoms with E-state index in [1.54, 1.807) is 18.5 Å². The van der Waals surface area contributed by atoms with Crippen molar-refractivity contribution in [1.29, 1.82) is 0 Å². The Kier molecular flexibility index (Phi) is 4.39. The van der Waals surface area contributed by atoms with Crippen LogP contribution in [0.15, 0.2) is 42.7 Å². The van der Waals surface area contributed by atoms with Gasteiger partial charge in [0, 0.05) is 32.1 Å². The molecular formula is C18H19N5O2. The van der Waals surface area contributed by atoms with Crippen molar-refractivity contribution in [1.82, 2.24) is 25.3 Å². The number of H-pyrrole nitrogens is 1. The molecule has 1 atom stereocenters. The van der Waals surface area contributed by atoms with Crippen LogP contribution in [0.1, 0.15) is 28.8 Å². The molecule has 3 aromatic rings. The topological polar surface area (TPSA) is 84.0 Å². The smallest absolute Gasteiger partial charge is 0.256 e. The van der Waals surface area contributed by atoms with Crippen molar-refractivity contribution >= 4 is 16.9 Å². The zero-order chi connectivity index (χ0) is 17.1. The number of rotatable bonds is 5. The normalized spacial score (nSPS) is 17.0. The molecule has 25 heavy (non-hydrogen) atoms. The molecule has 2 aromatic heterocycles. The number of para-hydroxylation sites is 1. The van der Waals surface area contributed by atoms with Gasteiger partial charge in [-0.2, -0.15) is 15.4 Å². The number of nitrogens with zero attached hydrogens (tertiary/aromatic N) is 4. The first-order chi connectivity index (χ1) is 12.3. The molecule has 7 nitrogen and oxygen atoms in total. The monoisotopic (exact) mass is 337 g/mol. The predicted octanol–water partition coefficient (Wildman–Crippen LogP) is 2.17. The minimum atomic E-state index is -0.0705. The fourth-order valence-corrected chi connectivity index (χ4v) is 3.18. The van der Waals surface area contributed by atoms with E-state index in [1.165, 1.54) is 0 Å². The number of hydrogen-bond donors (Lipinski definition) is 1. The summed E-state index contributed by atoms with van der Waals surface area (Å²) in [5, 5.41) is 10.8. The van der Waals surface area contributed by atoms with Gasteiger partial charge in [0.15, 0.2) is 0 Å². The van der Waals surface area contributed by atoms with E-state index in [2.05, 4.69) is 20.4 Å². The molecule has 0 radical (unpaired) electrons. The number of nitrogens with one attached hydrogen (secondary N) is 1. The van der Waals surface area contributed by atoms with E-state index in [-0.39, 0.29) is 12.0 Å². The highest BCUT2D eigenvalue weighted by atomic mass is 16.5. The number of amides is 1. The quantitative estimate of drug-likeness (QED) is 0.771. The number of aromatic nitrogens is 4. The van der Waals surface area contributed by atoms with Gasteiger partial charge in [-0.25, -0.2) is 0 Å². The lowest BCUT2D eigenvalue weighted by molar-refractivity contribution is 0.0508. The Morgan fingerprint density at radius 1 is 1.28 bits per heavy atom. The van der Waals surface area contributed by atoms with Gasteiger partial charge < -0.3 is 9.64 Å². The van der Waals surface area contributed by atoms with Gasteiger partial charge in [-0.3, -0.25) is 9.78 Å². The Morgan fingerprint density at radius 3 is 3.04 bits per heavy atom. The molecular weight excluding hydrogens is 318 g/mol. The second kappa shape index (κ2) is 6.98. The molecule has 128 valence electrons. The molecule has 7 heteroatoms. The standard InChI is InChI=1S/C18H19N5O2/c24-18(15-6-1-7-16-17(15)21-22-20-16)23(12-14-5-3-9-25-14)11-13-4-2-8-19-10-13/h1-2,4,6-8,10,14H,3,5,9,11-12H2,(H,20,21,22)/t14-/m1/s1. The highest BCUT2D eigenvalue weighted by Gasteiger charge is 2.25. The Balaban J connectivity index is 1.63. The maximum absolute atomic E-state index is 13.2. The molecule has 3 heterocycles. The molecule has 1 fully saturated rings. The number of ether oxygens (including phenoxy) is 1. The number of pyridine rings is 1. The molecule has 1 saturated heterocycles. The molecule has 1 aromatic carbocycles. The van der Waals surface area contributed by atoms with Crippen molar-refractivity contribution in [3.8, 4) is 0 Å². The fourth-order valence-electron chi connectivity index (χ4n) is 3.18. The Morgan fingerprint density at radius 2 is 2.24 bits per heavy atom. The fraction of sp³-hybridized carbons (Fsp3) is 0.333. The van der Waals surface area contributed by atoms with Crippen molar-refractivity contribution in [3.63, 3.8) is 0 Å². The third kappa shape index (κ3) is 3.36. The highest BCUT2D eigenvalue weighted by Crippen LogP contribution is 2.20. The maximum Gasteiger partial charge on any atom is 0.256 e. The van der Waals surface area contributed by atoms with E-state index < -0.39 is 0 Å². The van der Waals surface area contributed by atoms with Crippen LogP contribution in [0.5, 0.6) is 0 Å². The van der Waals surface area contributed by atoms with Crippen LogP contribution in [0.3, 0.4) is 0 Å². The summed E-state index contributed by atoms with van der Waals surface area (Å²) in [7, 11) is 0. The highest BCUT2D eigenvalue weighted by molar-refractivity contribution is 6.04. The largest absolute Gasteiger partial charge is 0.376 e. The number of hydrogen-bond acceptors (Lipinski definition) is 5. The van der Waals surface area contributed by atoms with Crippen LogP contribution in [0, 0.1) is 0 Å². The molecule has 0 bridgehead atoms. The van der Waals surface area contributed by atoms with Crippen molar-refractivity contribution < 1.29 is 9.53 Å². The third-order valence-electron chi connectivity index (χ3n) is 4.41. The maximum atomic E-state index is 13.2. The minimum absolute atomic E-state index is 0.0705. The summed E-state index contributed by atoms with van der Waals surface area (Å²) in [6, 6.07) is 9.30. The van der Waals surface area contributed by atoms with Gasteiger partial charge in [-0.1, -0.05) is 12.1 Å². The van der Waals surface area contributed by atoms with E-state index in [4.69, 9.17) is 4.74 Å². The SMILES string of the molecule is O=C(c1cccc2n[nH]nc12)N(Cc1cccnc1)C[C@H]1CCCO1. The van der Waals surface area contributed by atoms with Crippen LogP contribution in [-0.2, 0) is 11.3 Å². The first-order valence-electron chi connectivity index (χ1n) is 8.40. The van der Waals surface area contributed by atoms with Gasteiger partial charge in [-0.05, 0) is 36.6 Å². The molecule has 1 aliphatic heterocycles. The van der Waals surface area contributed by atoms with Crippen LogP contribution in [-0.4, -0.2) is 50.5 Å². The summed E-state index contributed by atoms with van der Waals surface area (Å²) in [5.41, 5.74) is 2.81. The van der Waals surface area contributed by atoms with Crippen molar-refractivity contribution in [2.24, 2.45) is 0 Å². The molecule has 0 saturated carbocycles. The first kappa shape index (κ1) is 15.7. The van der Waals surface area contributed by atoms with Gasteiger partial charge in [0.05, 0.1) is 11.7 Å². The van der Waals surface area contributed by atoms with Crippen molar-refractivity contribution in [2.75, 3.05) is 13.2 Å². The van der Waals surface area contributed by atoms with Crippen molar-refractivity contribution in [2.45, 2.75) is 25.5 Å². The molecule has 0 spiro atoms. The summed E-state index contributed by atoms with van der Waals surface area (Å²) < 4.78 is 5.74. The molecule has 0 unspecified atom stereocenters. The lowest BCUT2D eigenvalue weighted by Gasteiger charge is -2.25. The van der Waals surface area contributed by atoms with Gasteiger partial charge >= 0.3 is 0 Å². The lowest BCUT2D eigenvalue weighted by Crippen LogP contribution is -2.37. The molecule has 4 rings (SSSR count). The summed E-state index contributed by atoms with van der Waals surface area (Å²) in [5.74, 6) is -0.0705. The van der Waals surface area contributed by atoms with Crippen LogP contribution in [0.4, 0.5) is 0 Å². The summed E-state index contributed by atoms with van der Waals surface area (Å²) in [4.78, 5) is 19.2. The van der Waals surface area contributed by atoms with Gasteiger partial charge in [0.1, 0.15) is 11.0 Å². The Bertz CT molecular complexity index is 858. The Hall–Kier alpha value is -2.80. The van der Waals surface area contributed by atoms with E-state index in [0.717, 1.165) is 25.0 Å². The van der Waals surface area contributed by atoms with Gasteiger partial charge in [0.25, 0.3) is 5.91 Å². The molecule has 0 aliphatic carbocycles. The van der Waals surface area contributed by atoms with Crippen LogP contribution in [0.25, 0.3) is 11.0 Å². The number of carbonyl (C=O) groups excluding carboxylic acids is 1.